The number of anilines is 1. The van der Waals surface area contributed by atoms with Crippen LogP contribution in [0, 0.1) is 13.8 Å². The zero-order valence-corrected chi connectivity index (χ0v) is 18.9. The molecule has 0 spiro atoms. The summed E-state index contributed by atoms with van der Waals surface area (Å²) in [7, 11) is 4.31. The topological polar surface area (TPSA) is 73.3 Å². The lowest BCUT2D eigenvalue weighted by Crippen LogP contribution is -2.44. The SMILES string of the molecule is CN1CCNCC1.Cc1nsc(Cl)n1.Cc1nsc(N2CCN(C)CC2)n1. The monoisotopic (exact) mass is 432 g/mol. The van der Waals surface area contributed by atoms with Crippen LogP contribution in [0.15, 0.2) is 0 Å². The highest BCUT2D eigenvalue weighted by Gasteiger charge is 2.16. The van der Waals surface area contributed by atoms with Crippen molar-refractivity contribution in [2.24, 2.45) is 0 Å². The van der Waals surface area contributed by atoms with Crippen molar-refractivity contribution in [3.8, 4) is 0 Å². The Hall–Kier alpha value is -0.910. The van der Waals surface area contributed by atoms with Crippen molar-refractivity contribution in [1.29, 1.82) is 0 Å². The minimum absolute atomic E-state index is 0.512. The van der Waals surface area contributed by atoms with E-state index in [1.54, 1.807) is 0 Å². The van der Waals surface area contributed by atoms with Gasteiger partial charge >= 0.3 is 0 Å². The molecule has 8 nitrogen and oxygen atoms in total. The van der Waals surface area contributed by atoms with E-state index in [0.717, 1.165) is 56.0 Å². The summed E-state index contributed by atoms with van der Waals surface area (Å²) in [4.78, 5) is 15.1. The largest absolute Gasteiger partial charge is 0.344 e. The Bertz CT molecular complexity index is 634. The zero-order chi connectivity index (χ0) is 19.6. The van der Waals surface area contributed by atoms with Crippen LogP contribution in [0.3, 0.4) is 0 Å². The van der Waals surface area contributed by atoms with E-state index in [0.29, 0.717) is 4.47 Å². The summed E-state index contributed by atoms with van der Waals surface area (Å²) in [6.45, 7) is 12.9. The van der Waals surface area contributed by atoms with Crippen LogP contribution in [0.25, 0.3) is 0 Å². The molecule has 2 saturated heterocycles. The second kappa shape index (κ2) is 11.8. The molecule has 27 heavy (non-hydrogen) atoms. The first-order valence-electron chi connectivity index (χ1n) is 9.03. The second-order valence-corrected chi connectivity index (χ2v) is 8.63. The Morgan fingerprint density at radius 1 is 0.815 bits per heavy atom. The molecule has 0 atom stereocenters. The van der Waals surface area contributed by atoms with Gasteiger partial charge in [0.05, 0.1) is 0 Å². The first kappa shape index (κ1) is 22.4. The van der Waals surface area contributed by atoms with E-state index in [9.17, 15) is 0 Å². The van der Waals surface area contributed by atoms with Crippen molar-refractivity contribution >= 4 is 39.8 Å². The van der Waals surface area contributed by atoms with Gasteiger partial charge in [0.1, 0.15) is 11.6 Å². The van der Waals surface area contributed by atoms with E-state index in [-0.39, 0.29) is 0 Å². The van der Waals surface area contributed by atoms with E-state index in [1.165, 1.54) is 36.2 Å². The van der Waals surface area contributed by atoms with Crippen LogP contribution < -0.4 is 10.2 Å². The maximum absolute atomic E-state index is 5.41. The molecule has 1 N–H and O–H groups in total. The Morgan fingerprint density at radius 2 is 1.37 bits per heavy atom. The van der Waals surface area contributed by atoms with Crippen molar-refractivity contribution in [2.75, 3.05) is 71.4 Å². The number of aryl methyl sites for hydroxylation is 2. The Labute approximate surface area is 174 Å². The lowest BCUT2D eigenvalue weighted by Gasteiger charge is -2.31. The Balaban J connectivity index is 0.000000159. The summed E-state index contributed by atoms with van der Waals surface area (Å²) < 4.78 is 8.51. The number of nitrogens with one attached hydrogen (secondary N) is 1. The average Bonchev–Trinajstić information content (AvgIpc) is 3.25. The molecule has 2 fully saturated rings. The van der Waals surface area contributed by atoms with Gasteiger partial charge in [-0.05, 0) is 51.1 Å². The van der Waals surface area contributed by atoms with Crippen LogP contribution in [-0.4, -0.2) is 95.0 Å². The molecule has 4 heterocycles. The third-order valence-electron chi connectivity index (χ3n) is 4.13. The quantitative estimate of drug-likeness (QED) is 0.728. The molecular weight excluding hydrogens is 404 g/mol. The predicted octanol–water partition coefficient (Wildman–Crippen LogP) is 1.62. The minimum Gasteiger partial charge on any atom is -0.344 e. The Morgan fingerprint density at radius 3 is 1.74 bits per heavy atom. The van der Waals surface area contributed by atoms with Crippen molar-refractivity contribution in [3.63, 3.8) is 0 Å². The second-order valence-electron chi connectivity index (χ2n) is 6.56. The summed E-state index contributed by atoms with van der Waals surface area (Å²) in [5.41, 5.74) is 0. The van der Waals surface area contributed by atoms with Crippen LogP contribution in [0.4, 0.5) is 5.13 Å². The van der Waals surface area contributed by atoms with Gasteiger partial charge < -0.3 is 20.0 Å². The fraction of sp³-hybridized carbons (Fsp3) is 0.750. The third kappa shape index (κ3) is 8.75. The molecule has 2 aliphatic heterocycles. The number of rotatable bonds is 1. The highest BCUT2D eigenvalue weighted by Crippen LogP contribution is 2.17. The highest BCUT2D eigenvalue weighted by atomic mass is 35.5. The molecule has 11 heteroatoms. The van der Waals surface area contributed by atoms with Crippen molar-refractivity contribution in [3.05, 3.63) is 16.1 Å². The van der Waals surface area contributed by atoms with Gasteiger partial charge in [0.25, 0.3) is 0 Å². The maximum Gasteiger partial charge on any atom is 0.205 e. The van der Waals surface area contributed by atoms with E-state index < -0.39 is 0 Å². The third-order valence-corrected chi connectivity index (χ3v) is 5.89. The van der Waals surface area contributed by atoms with Crippen LogP contribution in [-0.2, 0) is 0 Å². The lowest BCUT2D eigenvalue weighted by molar-refractivity contribution is 0.291. The molecular formula is C16H29ClN8S2. The lowest BCUT2D eigenvalue weighted by atomic mass is 10.3. The van der Waals surface area contributed by atoms with Gasteiger partial charge in [-0.3, -0.25) is 0 Å². The first-order chi connectivity index (χ1) is 12.9. The molecule has 2 aliphatic rings. The van der Waals surface area contributed by atoms with Crippen LogP contribution in [0.5, 0.6) is 0 Å². The molecule has 0 aliphatic carbocycles. The Kier molecular flexibility index (Phi) is 9.80. The van der Waals surface area contributed by atoms with Crippen LogP contribution in [0.1, 0.15) is 11.6 Å². The molecule has 0 aromatic carbocycles. The van der Waals surface area contributed by atoms with E-state index >= 15 is 0 Å². The summed E-state index contributed by atoms with van der Waals surface area (Å²) in [6, 6.07) is 0. The summed E-state index contributed by atoms with van der Waals surface area (Å²) in [5.74, 6) is 1.63. The number of hydrogen-bond donors (Lipinski definition) is 1. The van der Waals surface area contributed by atoms with Gasteiger partial charge in [-0.25, -0.2) is 9.97 Å². The maximum atomic E-state index is 5.41. The molecule has 0 amide bonds. The van der Waals surface area contributed by atoms with E-state index in [1.807, 2.05) is 13.8 Å². The fourth-order valence-corrected chi connectivity index (χ4v) is 3.83. The van der Waals surface area contributed by atoms with E-state index in [2.05, 4.69) is 52.8 Å². The number of halogens is 1. The van der Waals surface area contributed by atoms with Crippen molar-refractivity contribution in [2.45, 2.75) is 13.8 Å². The number of likely N-dealkylation sites (N-methyl/N-ethyl adjacent to an activating group) is 2. The molecule has 4 rings (SSSR count). The summed E-state index contributed by atoms with van der Waals surface area (Å²) >= 11 is 8.12. The number of piperazine rings is 2. The van der Waals surface area contributed by atoms with Crippen molar-refractivity contribution in [1.82, 2.24) is 33.8 Å². The van der Waals surface area contributed by atoms with Crippen LogP contribution in [0.2, 0.25) is 4.47 Å². The smallest absolute Gasteiger partial charge is 0.205 e. The van der Waals surface area contributed by atoms with Gasteiger partial charge in [0.15, 0.2) is 0 Å². The van der Waals surface area contributed by atoms with Gasteiger partial charge in [-0.2, -0.15) is 8.75 Å². The highest BCUT2D eigenvalue weighted by molar-refractivity contribution is 7.10. The van der Waals surface area contributed by atoms with Gasteiger partial charge in [-0.1, -0.05) is 0 Å². The molecule has 0 saturated carbocycles. The van der Waals surface area contributed by atoms with Crippen LogP contribution >= 0.6 is 34.7 Å². The van der Waals surface area contributed by atoms with Gasteiger partial charge in [0.2, 0.25) is 9.60 Å². The number of hydrogen-bond acceptors (Lipinski definition) is 10. The fourth-order valence-electron chi connectivity index (χ4n) is 2.46. The first-order valence-corrected chi connectivity index (χ1v) is 11.0. The molecule has 2 aromatic rings. The zero-order valence-electron chi connectivity index (χ0n) is 16.5. The molecule has 0 bridgehead atoms. The standard InChI is InChI=1S/C8H14N4S.C5H12N2.C3H3ClN2S/c1-7-9-8(13-10-7)12-5-3-11(2)4-6-12;1-7-4-2-6-3-5-7;1-2-5-3(4)7-6-2/h3-6H2,1-2H3;6H,2-5H2,1H3;1H3. The predicted molar refractivity (Wildman–Crippen MR) is 114 cm³/mol. The molecule has 0 radical (unpaired) electrons. The summed E-state index contributed by atoms with van der Waals surface area (Å²) in [6.07, 6.45) is 0. The van der Waals surface area contributed by atoms with Gasteiger partial charge in [0, 0.05) is 63.9 Å². The van der Waals surface area contributed by atoms with Crippen molar-refractivity contribution < 1.29 is 0 Å². The average molecular weight is 433 g/mol. The summed E-state index contributed by atoms with van der Waals surface area (Å²) in [5, 5.41) is 4.35. The molecule has 0 unspecified atom stereocenters. The van der Waals surface area contributed by atoms with Gasteiger partial charge in [-0.15, -0.1) is 0 Å². The molecule has 2 aromatic heterocycles. The number of aromatic nitrogens is 4. The van der Waals surface area contributed by atoms with E-state index in [4.69, 9.17) is 11.6 Å². The normalized spacial score (nSPS) is 18.3. The minimum atomic E-state index is 0.512. The molecule has 152 valence electrons. The number of nitrogens with zero attached hydrogens (tertiary/aromatic N) is 7.